The molecule has 8 heteroatoms. The van der Waals surface area contributed by atoms with Crippen LogP contribution in [0.2, 0.25) is 0 Å². The van der Waals surface area contributed by atoms with E-state index in [1.807, 2.05) is 13.8 Å². The van der Waals surface area contributed by atoms with Crippen molar-refractivity contribution in [3.63, 3.8) is 0 Å². The van der Waals surface area contributed by atoms with Crippen molar-refractivity contribution in [3.8, 4) is 11.5 Å². The summed E-state index contributed by atoms with van der Waals surface area (Å²) >= 11 is 0. The lowest BCUT2D eigenvalue weighted by molar-refractivity contribution is -0.158. The predicted molar refractivity (Wildman–Crippen MR) is 105 cm³/mol. The molecule has 0 radical (unpaired) electrons. The van der Waals surface area contributed by atoms with Crippen LogP contribution in [0, 0.1) is 13.8 Å². The number of hydrogen-bond donors (Lipinski definition) is 0. The van der Waals surface area contributed by atoms with Gasteiger partial charge in [0.15, 0.2) is 18.1 Å². The van der Waals surface area contributed by atoms with Crippen LogP contribution in [0.1, 0.15) is 36.4 Å². The van der Waals surface area contributed by atoms with Crippen LogP contribution in [0.4, 0.5) is 0 Å². The Kier molecular flexibility index (Phi) is 7.82. The van der Waals surface area contributed by atoms with Crippen LogP contribution in [0.5, 0.6) is 11.5 Å². The molecule has 0 saturated heterocycles. The van der Waals surface area contributed by atoms with Gasteiger partial charge in [0, 0.05) is 6.08 Å². The standard InChI is InChI=1S/C21H25NO7/c1-13(2)28-21(24)12-27-20(23)9-7-16-6-8-18(19(10-16)25-5)26-11-17-14(3)22-29-15(17)4/h6-10,13H,11-12H2,1-5H3/b9-7+. The number of carbonyl (C=O) groups is 2. The van der Waals surface area contributed by atoms with Gasteiger partial charge in [0.2, 0.25) is 0 Å². The summed E-state index contributed by atoms with van der Waals surface area (Å²) in [6, 6.07) is 5.23. The minimum Gasteiger partial charge on any atom is -0.493 e. The van der Waals surface area contributed by atoms with Crippen LogP contribution in [0.25, 0.3) is 6.08 Å². The van der Waals surface area contributed by atoms with E-state index in [-0.39, 0.29) is 6.10 Å². The Bertz CT molecular complexity index is 864. The number of aromatic nitrogens is 1. The van der Waals surface area contributed by atoms with E-state index in [0.717, 1.165) is 11.3 Å². The van der Waals surface area contributed by atoms with Crippen molar-refractivity contribution in [2.45, 2.75) is 40.4 Å². The van der Waals surface area contributed by atoms with Crippen molar-refractivity contribution < 1.29 is 33.1 Å². The molecule has 156 valence electrons. The molecule has 2 rings (SSSR count). The maximum atomic E-state index is 11.7. The molecule has 0 aliphatic heterocycles. The first-order chi connectivity index (χ1) is 13.8. The number of ether oxygens (including phenoxy) is 4. The molecule has 1 aromatic heterocycles. The van der Waals surface area contributed by atoms with Crippen LogP contribution < -0.4 is 9.47 Å². The molecular weight excluding hydrogens is 378 g/mol. The van der Waals surface area contributed by atoms with Crippen molar-refractivity contribution in [3.05, 3.63) is 46.9 Å². The number of benzene rings is 1. The van der Waals surface area contributed by atoms with E-state index in [1.165, 1.54) is 13.2 Å². The van der Waals surface area contributed by atoms with Gasteiger partial charge >= 0.3 is 11.9 Å². The molecule has 0 aliphatic rings. The molecule has 0 saturated carbocycles. The lowest BCUT2D eigenvalue weighted by atomic mass is 10.2. The first kappa shape index (κ1) is 22.0. The van der Waals surface area contributed by atoms with E-state index >= 15 is 0 Å². The van der Waals surface area contributed by atoms with Crippen LogP contribution in [-0.2, 0) is 25.7 Å². The molecular formula is C21H25NO7. The summed E-state index contributed by atoms with van der Waals surface area (Å²) in [5.41, 5.74) is 2.36. The molecule has 0 fully saturated rings. The Morgan fingerprint density at radius 1 is 1.21 bits per heavy atom. The van der Waals surface area contributed by atoms with Gasteiger partial charge < -0.3 is 23.5 Å². The van der Waals surface area contributed by atoms with Gasteiger partial charge in [0.05, 0.1) is 24.5 Å². The highest BCUT2D eigenvalue weighted by Crippen LogP contribution is 2.30. The first-order valence-corrected chi connectivity index (χ1v) is 9.07. The zero-order valence-electron chi connectivity index (χ0n) is 17.2. The van der Waals surface area contributed by atoms with Gasteiger partial charge in [0.25, 0.3) is 0 Å². The molecule has 0 atom stereocenters. The molecule has 0 N–H and O–H groups in total. The van der Waals surface area contributed by atoms with Crippen molar-refractivity contribution in [1.82, 2.24) is 5.16 Å². The Morgan fingerprint density at radius 2 is 1.97 bits per heavy atom. The summed E-state index contributed by atoms with van der Waals surface area (Å²) in [6.07, 6.45) is 2.51. The normalized spacial score (nSPS) is 11.0. The Hall–Kier alpha value is -3.29. The second-order valence-corrected chi connectivity index (χ2v) is 6.48. The highest BCUT2D eigenvalue weighted by Gasteiger charge is 2.12. The average Bonchev–Trinajstić information content (AvgIpc) is 3.00. The second kappa shape index (κ2) is 10.3. The number of methoxy groups -OCH3 is 1. The molecule has 8 nitrogen and oxygen atoms in total. The Balaban J connectivity index is 1.96. The zero-order chi connectivity index (χ0) is 21.4. The van der Waals surface area contributed by atoms with Crippen LogP contribution in [0.15, 0.2) is 28.8 Å². The third-order valence-corrected chi connectivity index (χ3v) is 3.85. The quantitative estimate of drug-likeness (QED) is 0.464. The molecule has 1 aromatic carbocycles. The summed E-state index contributed by atoms with van der Waals surface area (Å²) in [7, 11) is 1.53. The van der Waals surface area contributed by atoms with E-state index in [2.05, 4.69) is 5.16 Å². The van der Waals surface area contributed by atoms with Crippen LogP contribution in [-0.4, -0.2) is 36.9 Å². The fraction of sp³-hybridized carbons (Fsp3) is 0.381. The maximum Gasteiger partial charge on any atom is 0.344 e. The maximum absolute atomic E-state index is 11.7. The highest BCUT2D eigenvalue weighted by molar-refractivity contribution is 5.88. The summed E-state index contributed by atoms with van der Waals surface area (Å²) in [5, 5.41) is 3.90. The van der Waals surface area contributed by atoms with Crippen LogP contribution >= 0.6 is 0 Å². The zero-order valence-corrected chi connectivity index (χ0v) is 17.2. The fourth-order valence-electron chi connectivity index (χ4n) is 2.40. The molecule has 0 amide bonds. The first-order valence-electron chi connectivity index (χ1n) is 9.07. The predicted octanol–water partition coefficient (Wildman–Crippen LogP) is 3.39. The van der Waals surface area contributed by atoms with Gasteiger partial charge in [0.1, 0.15) is 12.4 Å². The van der Waals surface area contributed by atoms with E-state index < -0.39 is 18.5 Å². The Labute approximate surface area is 169 Å². The topological polar surface area (TPSA) is 97.1 Å². The number of carbonyl (C=O) groups excluding carboxylic acids is 2. The van der Waals surface area contributed by atoms with E-state index in [4.69, 9.17) is 23.5 Å². The number of hydrogen-bond acceptors (Lipinski definition) is 8. The Morgan fingerprint density at radius 3 is 2.59 bits per heavy atom. The average molecular weight is 403 g/mol. The highest BCUT2D eigenvalue weighted by atomic mass is 16.6. The van der Waals surface area contributed by atoms with Gasteiger partial charge in [-0.25, -0.2) is 9.59 Å². The number of nitrogens with zero attached hydrogens (tertiary/aromatic N) is 1. The van der Waals surface area contributed by atoms with Crippen molar-refractivity contribution in [2.24, 2.45) is 0 Å². The molecule has 1 heterocycles. The van der Waals surface area contributed by atoms with Gasteiger partial charge in [-0.05, 0) is 51.5 Å². The summed E-state index contributed by atoms with van der Waals surface area (Å²) < 4.78 is 26.0. The van der Waals surface area contributed by atoms with Crippen molar-refractivity contribution >= 4 is 18.0 Å². The summed E-state index contributed by atoms with van der Waals surface area (Å²) in [4.78, 5) is 23.1. The lowest BCUT2D eigenvalue weighted by Crippen LogP contribution is -2.18. The summed E-state index contributed by atoms with van der Waals surface area (Å²) in [6.45, 7) is 6.97. The van der Waals surface area contributed by atoms with E-state index in [1.54, 1.807) is 38.1 Å². The van der Waals surface area contributed by atoms with Crippen molar-refractivity contribution in [2.75, 3.05) is 13.7 Å². The monoisotopic (exact) mass is 403 g/mol. The van der Waals surface area contributed by atoms with Gasteiger partial charge in [-0.2, -0.15) is 0 Å². The fourth-order valence-corrected chi connectivity index (χ4v) is 2.40. The van der Waals surface area contributed by atoms with Gasteiger partial charge in [-0.15, -0.1) is 0 Å². The molecule has 2 aromatic rings. The SMILES string of the molecule is COc1cc(/C=C/C(=O)OCC(=O)OC(C)C)ccc1OCc1c(C)noc1C. The van der Waals surface area contributed by atoms with Gasteiger partial charge in [-0.1, -0.05) is 11.2 Å². The largest absolute Gasteiger partial charge is 0.493 e. The van der Waals surface area contributed by atoms with E-state index in [0.29, 0.717) is 29.4 Å². The number of esters is 2. The molecule has 0 bridgehead atoms. The van der Waals surface area contributed by atoms with Crippen LogP contribution in [0.3, 0.4) is 0 Å². The van der Waals surface area contributed by atoms with E-state index in [9.17, 15) is 9.59 Å². The van der Waals surface area contributed by atoms with Crippen molar-refractivity contribution in [1.29, 1.82) is 0 Å². The molecule has 29 heavy (non-hydrogen) atoms. The number of rotatable bonds is 9. The molecule has 0 spiro atoms. The third-order valence-electron chi connectivity index (χ3n) is 3.85. The smallest absolute Gasteiger partial charge is 0.344 e. The lowest BCUT2D eigenvalue weighted by Gasteiger charge is -2.11. The minimum absolute atomic E-state index is 0.262. The number of aryl methyl sites for hydroxylation is 2. The molecule has 0 unspecified atom stereocenters. The third kappa shape index (κ3) is 6.67. The summed E-state index contributed by atoms with van der Waals surface area (Å²) in [5.74, 6) is 0.514. The molecule has 0 aliphatic carbocycles. The second-order valence-electron chi connectivity index (χ2n) is 6.48. The minimum atomic E-state index is -0.650. The van der Waals surface area contributed by atoms with Gasteiger partial charge in [-0.3, -0.25) is 0 Å².